The first kappa shape index (κ1) is 21.7. The Kier molecular flexibility index (Phi) is 5.77. The van der Waals surface area contributed by atoms with E-state index in [0.29, 0.717) is 45.2 Å². The number of aryl methyl sites for hydroxylation is 1. The third-order valence-corrected chi connectivity index (χ3v) is 5.72. The van der Waals surface area contributed by atoms with Gasteiger partial charge in [0.25, 0.3) is 5.69 Å². The summed E-state index contributed by atoms with van der Waals surface area (Å²) in [5.41, 5.74) is -0.452. The van der Waals surface area contributed by atoms with Crippen LogP contribution >= 0.6 is 0 Å². The van der Waals surface area contributed by atoms with Crippen molar-refractivity contribution in [1.82, 2.24) is 9.47 Å². The van der Waals surface area contributed by atoms with Crippen molar-refractivity contribution < 1.29 is 22.9 Å². The zero-order valence-electron chi connectivity index (χ0n) is 17.1. The maximum atomic E-state index is 12.9. The lowest BCUT2D eigenvalue weighted by Gasteiger charge is -2.36. The second-order valence-corrected chi connectivity index (χ2v) is 7.64. The lowest BCUT2D eigenvalue weighted by Crippen LogP contribution is -2.49. The van der Waals surface area contributed by atoms with Gasteiger partial charge in [0, 0.05) is 56.9 Å². The summed E-state index contributed by atoms with van der Waals surface area (Å²) in [6.07, 6.45) is -2.39. The molecular weight excluding hydrogens is 425 g/mol. The first-order valence-corrected chi connectivity index (χ1v) is 10.2. The maximum Gasteiger partial charge on any atom is 0.416 e. The quantitative estimate of drug-likeness (QED) is 0.433. The van der Waals surface area contributed by atoms with E-state index in [1.165, 1.54) is 0 Å². The molecule has 0 bridgehead atoms. The van der Waals surface area contributed by atoms with Gasteiger partial charge in [0.2, 0.25) is 5.91 Å². The lowest BCUT2D eigenvalue weighted by atomic mass is 10.1. The van der Waals surface area contributed by atoms with E-state index in [-0.39, 0.29) is 11.6 Å². The van der Waals surface area contributed by atoms with E-state index in [9.17, 15) is 28.1 Å². The number of aromatic nitrogens is 1. The molecule has 0 spiro atoms. The highest BCUT2D eigenvalue weighted by atomic mass is 19.4. The topological polar surface area (TPSA) is 71.6 Å². The number of fused-ring (bicyclic) bond motifs is 1. The summed E-state index contributed by atoms with van der Waals surface area (Å²) in [5.74, 6) is -0.0237. The van der Waals surface area contributed by atoms with Crippen molar-refractivity contribution in [3.63, 3.8) is 0 Å². The molecule has 1 saturated heterocycles. The highest BCUT2D eigenvalue weighted by molar-refractivity contribution is 5.81. The number of rotatable bonds is 5. The minimum Gasteiger partial charge on any atom is -0.362 e. The van der Waals surface area contributed by atoms with Crippen LogP contribution in [0.25, 0.3) is 10.9 Å². The van der Waals surface area contributed by atoms with Crippen LogP contribution in [0.4, 0.5) is 24.5 Å². The molecule has 0 atom stereocenters. The average molecular weight is 446 g/mol. The Balaban J connectivity index is 1.38. The third-order valence-electron chi connectivity index (χ3n) is 5.72. The van der Waals surface area contributed by atoms with E-state index in [4.69, 9.17) is 0 Å². The minimum absolute atomic E-state index is 0.0237. The number of carbonyl (C=O) groups excluding carboxylic acids is 1. The van der Waals surface area contributed by atoms with Crippen molar-refractivity contribution in [3.05, 3.63) is 70.4 Å². The standard InChI is InChI=1S/C22H21F3N4O3/c23-22(24,25)17-5-6-19(20(15-17)29(31)32)27-11-13-28(14-12-27)21(30)8-10-26-9-7-16-3-1-2-4-18(16)26/h1-7,9,15H,8,10-14H2. The van der Waals surface area contributed by atoms with E-state index in [0.717, 1.165) is 23.0 Å². The molecule has 1 fully saturated rings. The summed E-state index contributed by atoms with van der Waals surface area (Å²) in [5, 5.41) is 12.5. The number of nitrogens with zero attached hydrogens (tertiary/aromatic N) is 4. The fourth-order valence-electron chi connectivity index (χ4n) is 4.02. The van der Waals surface area contributed by atoms with Gasteiger partial charge < -0.3 is 14.4 Å². The second-order valence-electron chi connectivity index (χ2n) is 7.64. The molecule has 0 aliphatic carbocycles. The maximum absolute atomic E-state index is 12.9. The van der Waals surface area contributed by atoms with Crippen molar-refractivity contribution in [1.29, 1.82) is 0 Å². The molecule has 32 heavy (non-hydrogen) atoms. The molecule has 10 heteroatoms. The number of amides is 1. The second kappa shape index (κ2) is 8.52. The van der Waals surface area contributed by atoms with E-state index >= 15 is 0 Å². The van der Waals surface area contributed by atoms with Crippen molar-refractivity contribution in [2.75, 3.05) is 31.1 Å². The minimum atomic E-state index is -4.65. The van der Waals surface area contributed by atoms with Crippen LogP contribution in [0.2, 0.25) is 0 Å². The van der Waals surface area contributed by atoms with Crippen LogP contribution in [0.15, 0.2) is 54.7 Å². The number of halogens is 3. The summed E-state index contributed by atoms with van der Waals surface area (Å²) < 4.78 is 40.8. The van der Waals surface area contributed by atoms with Crippen LogP contribution in [-0.4, -0.2) is 46.5 Å². The number of carbonyl (C=O) groups is 1. The molecule has 1 aliphatic heterocycles. The number of anilines is 1. The molecule has 1 aliphatic rings. The van der Waals surface area contributed by atoms with E-state index in [1.54, 1.807) is 9.80 Å². The highest BCUT2D eigenvalue weighted by Crippen LogP contribution is 2.36. The molecule has 0 radical (unpaired) electrons. The van der Waals surface area contributed by atoms with Crippen molar-refractivity contribution in [2.24, 2.45) is 0 Å². The van der Waals surface area contributed by atoms with E-state index in [1.807, 2.05) is 41.1 Å². The number of hydrogen-bond donors (Lipinski definition) is 0. The molecule has 168 valence electrons. The van der Waals surface area contributed by atoms with Gasteiger partial charge in [-0.1, -0.05) is 18.2 Å². The largest absolute Gasteiger partial charge is 0.416 e. The fraction of sp³-hybridized carbons (Fsp3) is 0.318. The Labute approximate surface area is 181 Å². The first-order valence-electron chi connectivity index (χ1n) is 10.2. The van der Waals surface area contributed by atoms with Crippen LogP contribution < -0.4 is 4.90 Å². The number of nitro groups is 1. The van der Waals surface area contributed by atoms with Crippen LogP contribution in [-0.2, 0) is 17.5 Å². The van der Waals surface area contributed by atoms with Crippen LogP contribution in [0.3, 0.4) is 0 Å². The highest BCUT2D eigenvalue weighted by Gasteiger charge is 2.34. The van der Waals surface area contributed by atoms with Gasteiger partial charge in [-0.15, -0.1) is 0 Å². The molecule has 1 amide bonds. The molecule has 4 rings (SSSR count). The monoisotopic (exact) mass is 446 g/mol. The Bertz CT molecular complexity index is 1150. The molecule has 0 unspecified atom stereocenters. The Morgan fingerprint density at radius 1 is 1.03 bits per heavy atom. The van der Waals surface area contributed by atoms with Gasteiger partial charge in [0.15, 0.2) is 0 Å². The molecule has 7 nitrogen and oxygen atoms in total. The molecule has 0 saturated carbocycles. The van der Waals surface area contributed by atoms with Gasteiger partial charge in [-0.05, 0) is 29.7 Å². The van der Waals surface area contributed by atoms with E-state index in [2.05, 4.69) is 0 Å². The van der Waals surface area contributed by atoms with Crippen molar-refractivity contribution in [3.8, 4) is 0 Å². The Hall–Kier alpha value is -3.56. The normalized spacial score (nSPS) is 14.7. The van der Waals surface area contributed by atoms with Gasteiger partial charge in [-0.3, -0.25) is 14.9 Å². The summed E-state index contributed by atoms with van der Waals surface area (Å²) in [6.45, 7) is 1.86. The van der Waals surface area contributed by atoms with E-state index < -0.39 is 22.4 Å². The summed E-state index contributed by atoms with van der Waals surface area (Å²) >= 11 is 0. The van der Waals surface area contributed by atoms with Crippen LogP contribution in [0.1, 0.15) is 12.0 Å². The number of hydrogen-bond acceptors (Lipinski definition) is 4. The zero-order valence-corrected chi connectivity index (χ0v) is 17.1. The first-order chi connectivity index (χ1) is 15.2. The van der Waals surface area contributed by atoms with Gasteiger partial charge >= 0.3 is 6.18 Å². The SMILES string of the molecule is O=C(CCn1ccc2ccccc21)N1CCN(c2ccc(C(F)(F)F)cc2[N+](=O)[O-])CC1. The number of nitro benzene ring substituents is 1. The molecule has 1 aromatic heterocycles. The predicted molar refractivity (Wildman–Crippen MR) is 113 cm³/mol. The molecule has 3 aromatic rings. The van der Waals surface area contributed by atoms with Gasteiger partial charge in [-0.25, -0.2) is 0 Å². The summed E-state index contributed by atoms with van der Waals surface area (Å²) in [4.78, 5) is 26.6. The van der Waals surface area contributed by atoms with Crippen LogP contribution in [0.5, 0.6) is 0 Å². The number of para-hydroxylation sites is 1. The Morgan fingerprint density at radius 3 is 2.44 bits per heavy atom. The fourth-order valence-corrected chi connectivity index (χ4v) is 4.02. The smallest absolute Gasteiger partial charge is 0.362 e. The molecule has 0 N–H and O–H groups in total. The molecule has 2 heterocycles. The van der Waals surface area contributed by atoms with Crippen molar-refractivity contribution >= 4 is 28.2 Å². The Morgan fingerprint density at radius 2 is 1.75 bits per heavy atom. The zero-order chi connectivity index (χ0) is 22.9. The third kappa shape index (κ3) is 4.39. The van der Waals surface area contributed by atoms with Gasteiger partial charge in [-0.2, -0.15) is 13.2 Å². The van der Waals surface area contributed by atoms with Crippen molar-refractivity contribution in [2.45, 2.75) is 19.1 Å². The number of benzene rings is 2. The van der Waals surface area contributed by atoms with Crippen LogP contribution in [0, 0.1) is 10.1 Å². The predicted octanol–water partition coefficient (Wildman–Crippen LogP) is 4.31. The molecular formula is C22H21F3N4O3. The summed E-state index contributed by atoms with van der Waals surface area (Å²) in [6, 6.07) is 12.4. The van der Waals surface area contributed by atoms with Gasteiger partial charge in [0.1, 0.15) is 5.69 Å². The van der Waals surface area contributed by atoms with Gasteiger partial charge in [0.05, 0.1) is 10.5 Å². The number of alkyl halides is 3. The summed E-state index contributed by atoms with van der Waals surface area (Å²) in [7, 11) is 0. The molecule has 2 aromatic carbocycles. The lowest BCUT2D eigenvalue weighted by molar-refractivity contribution is -0.384. The average Bonchev–Trinajstić information content (AvgIpc) is 3.19. The number of piperazine rings is 1.